The first-order valence-corrected chi connectivity index (χ1v) is 12.1. The predicted molar refractivity (Wildman–Crippen MR) is 119 cm³/mol. The minimum absolute atomic E-state index is 0.173. The number of hydrogen-bond acceptors (Lipinski definition) is 8. The van der Waals surface area contributed by atoms with Gasteiger partial charge in [-0.1, -0.05) is 0 Å². The number of imidazole rings is 1. The van der Waals surface area contributed by atoms with Crippen LogP contribution in [0.3, 0.4) is 0 Å². The molecule has 1 aromatic heterocycles. The molecule has 1 aliphatic rings. The van der Waals surface area contributed by atoms with Crippen molar-refractivity contribution in [2.75, 3.05) is 6.26 Å². The molecule has 0 fully saturated rings. The Balaban J connectivity index is 2.77. The first kappa shape index (κ1) is 25.6. The Morgan fingerprint density at radius 3 is 1.69 bits per heavy atom. The Bertz CT molecular complexity index is 1060. The number of aromatic nitrogens is 2. The van der Waals surface area contributed by atoms with E-state index in [2.05, 4.69) is 10.3 Å². The van der Waals surface area contributed by atoms with Gasteiger partial charge in [0, 0.05) is 24.7 Å². The average molecular weight is 468 g/mol. The summed E-state index contributed by atoms with van der Waals surface area (Å²) in [6.45, 7) is 13.9. The summed E-state index contributed by atoms with van der Waals surface area (Å²) in [7, 11) is -2.11. The zero-order valence-corrected chi connectivity index (χ0v) is 21.2. The molecule has 9 nitrogen and oxygen atoms in total. The predicted octanol–water partition coefficient (Wildman–Crippen LogP) is 2.74. The number of nitrogens with one attached hydrogen (secondary N) is 1. The Hall–Kier alpha value is -2.62. The van der Waals surface area contributed by atoms with E-state index in [0.717, 1.165) is 6.26 Å². The van der Waals surface area contributed by atoms with Crippen LogP contribution in [0.1, 0.15) is 67.0 Å². The number of hydrogen-bond donors (Lipinski definition) is 1. The Morgan fingerprint density at radius 2 is 1.38 bits per heavy atom. The lowest BCUT2D eigenvalue weighted by Gasteiger charge is -2.33. The van der Waals surface area contributed by atoms with E-state index in [-0.39, 0.29) is 16.3 Å². The third-order valence-corrected chi connectivity index (χ3v) is 5.65. The van der Waals surface area contributed by atoms with E-state index in [0.29, 0.717) is 17.1 Å². The highest BCUT2D eigenvalue weighted by Crippen LogP contribution is 2.40. The minimum Gasteiger partial charge on any atom is -0.457 e. The van der Waals surface area contributed by atoms with Crippen molar-refractivity contribution < 1.29 is 27.5 Å². The van der Waals surface area contributed by atoms with Crippen LogP contribution in [0.2, 0.25) is 0 Å². The number of allylic oxidation sites excluding steroid dienone is 2. The summed E-state index contributed by atoms with van der Waals surface area (Å²) in [5, 5.41) is 2.91. The molecule has 0 atom stereocenters. The van der Waals surface area contributed by atoms with Gasteiger partial charge in [0.25, 0.3) is 0 Å². The zero-order valence-electron chi connectivity index (χ0n) is 20.4. The summed E-state index contributed by atoms with van der Waals surface area (Å²) >= 11 is 0. The first-order chi connectivity index (χ1) is 14.3. The second kappa shape index (κ2) is 8.38. The highest BCUT2D eigenvalue weighted by atomic mass is 32.2. The fraction of sp³-hybridized carbons (Fsp3) is 0.591. The van der Waals surface area contributed by atoms with Crippen molar-refractivity contribution in [1.29, 1.82) is 0 Å². The number of ether oxygens (including phenoxy) is 2. The van der Waals surface area contributed by atoms with Crippen molar-refractivity contribution in [3.05, 3.63) is 34.4 Å². The van der Waals surface area contributed by atoms with E-state index in [1.165, 1.54) is 17.8 Å². The molecule has 1 N–H and O–H groups in total. The van der Waals surface area contributed by atoms with Crippen molar-refractivity contribution in [2.24, 2.45) is 7.05 Å². The molecular weight excluding hydrogens is 434 g/mol. The minimum atomic E-state index is -3.64. The van der Waals surface area contributed by atoms with E-state index >= 15 is 0 Å². The average Bonchev–Trinajstić information content (AvgIpc) is 2.91. The molecule has 0 saturated carbocycles. The maximum absolute atomic E-state index is 13.2. The highest BCUT2D eigenvalue weighted by Gasteiger charge is 2.42. The van der Waals surface area contributed by atoms with Gasteiger partial charge in [0.1, 0.15) is 11.2 Å². The van der Waals surface area contributed by atoms with Gasteiger partial charge in [-0.2, -0.15) is 0 Å². The lowest BCUT2D eigenvalue weighted by molar-refractivity contribution is -0.150. The number of rotatable bonds is 4. The maximum atomic E-state index is 13.2. The number of nitrogens with zero attached hydrogens (tertiary/aromatic N) is 2. The van der Waals surface area contributed by atoms with Gasteiger partial charge in [-0.15, -0.1) is 0 Å². The standard InChI is InChI=1S/C22H33N3O6S/c1-12-15(18(26)30-21(3,4)5)17(14-11-23-20(25(14)9)32(10,28)29)16(13(2)24-12)19(27)31-22(6,7)8/h11,17,24H,1-10H3. The summed E-state index contributed by atoms with van der Waals surface area (Å²) < 4.78 is 37.0. The van der Waals surface area contributed by atoms with E-state index in [1.807, 2.05) is 0 Å². The quantitative estimate of drug-likeness (QED) is 0.672. The van der Waals surface area contributed by atoms with E-state index in [1.54, 1.807) is 55.4 Å². The van der Waals surface area contributed by atoms with Crippen LogP contribution in [-0.2, 0) is 35.9 Å². The smallest absolute Gasteiger partial charge is 0.337 e. The summed E-state index contributed by atoms with van der Waals surface area (Å²) in [6.07, 6.45) is 2.41. The molecule has 178 valence electrons. The van der Waals surface area contributed by atoms with Crippen LogP contribution in [-0.4, -0.2) is 47.4 Å². The molecule has 0 bridgehead atoms. The summed E-state index contributed by atoms with van der Waals surface area (Å²) in [5.41, 5.74) is 0.173. The second-order valence-corrected chi connectivity index (χ2v) is 11.8. The molecule has 0 saturated heterocycles. The van der Waals surface area contributed by atoms with Crippen LogP contribution in [0.15, 0.2) is 33.9 Å². The van der Waals surface area contributed by atoms with E-state index in [9.17, 15) is 18.0 Å². The number of sulfone groups is 1. The van der Waals surface area contributed by atoms with Crippen molar-refractivity contribution >= 4 is 21.8 Å². The van der Waals surface area contributed by atoms with Crippen molar-refractivity contribution in [2.45, 2.75) is 77.7 Å². The topological polar surface area (TPSA) is 117 Å². The van der Waals surface area contributed by atoms with Crippen LogP contribution in [0.25, 0.3) is 0 Å². The van der Waals surface area contributed by atoms with Crippen LogP contribution in [0, 0.1) is 0 Å². The molecular formula is C22H33N3O6S. The first-order valence-electron chi connectivity index (χ1n) is 10.2. The monoisotopic (exact) mass is 467 g/mol. The van der Waals surface area contributed by atoms with Crippen molar-refractivity contribution in [3.8, 4) is 0 Å². The van der Waals surface area contributed by atoms with Gasteiger partial charge in [-0.05, 0) is 55.4 Å². The normalized spacial score (nSPS) is 16.2. The molecule has 10 heteroatoms. The molecule has 0 aliphatic carbocycles. The Labute approximate surface area is 189 Å². The molecule has 32 heavy (non-hydrogen) atoms. The largest absolute Gasteiger partial charge is 0.457 e. The van der Waals surface area contributed by atoms with Crippen molar-refractivity contribution in [3.63, 3.8) is 0 Å². The second-order valence-electron chi connectivity index (χ2n) is 9.94. The van der Waals surface area contributed by atoms with Crippen molar-refractivity contribution in [1.82, 2.24) is 14.9 Å². The van der Waals surface area contributed by atoms with Crippen LogP contribution in [0.4, 0.5) is 0 Å². The third kappa shape index (κ3) is 5.59. The number of dihydropyridines is 1. The van der Waals surface area contributed by atoms with E-state index in [4.69, 9.17) is 9.47 Å². The van der Waals surface area contributed by atoms with Gasteiger partial charge in [0.15, 0.2) is 0 Å². The molecule has 0 radical (unpaired) electrons. The number of carbonyl (C=O) groups is 2. The van der Waals surface area contributed by atoms with Gasteiger partial charge in [-0.25, -0.2) is 23.0 Å². The molecule has 2 heterocycles. The molecule has 2 rings (SSSR count). The molecule has 0 amide bonds. The van der Waals surface area contributed by atoms with Crippen LogP contribution in [0.5, 0.6) is 0 Å². The van der Waals surface area contributed by atoms with Gasteiger partial charge < -0.3 is 19.4 Å². The SMILES string of the molecule is CC1=C(C(=O)OC(C)(C)C)C(c2cnc(S(C)(=O)=O)n2C)C(C(=O)OC(C)(C)C)=C(C)N1. The van der Waals surface area contributed by atoms with Gasteiger partial charge >= 0.3 is 11.9 Å². The zero-order chi connectivity index (χ0) is 24.8. The molecule has 1 aromatic rings. The van der Waals surface area contributed by atoms with Crippen LogP contribution < -0.4 is 5.32 Å². The maximum Gasteiger partial charge on any atom is 0.337 e. The fourth-order valence-corrected chi connectivity index (χ4v) is 4.36. The summed E-state index contributed by atoms with van der Waals surface area (Å²) in [5.74, 6) is -2.18. The summed E-state index contributed by atoms with van der Waals surface area (Å²) in [4.78, 5) is 30.5. The van der Waals surface area contributed by atoms with Gasteiger partial charge in [0.2, 0.25) is 15.0 Å². The Morgan fingerprint density at radius 1 is 0.969 bits per heavy atom. The van der Waals surface area contributed by atoms with Crippen LogP contribution >= 0.6 is 0 Å². The fourth-order valence-electron chi connectivity index (χ4n) is 3.51. The molecule has 0 aromatic carbocycles. The molecule has 0 unspecified atom stereocenters. The number of esters is 2. The Kier molecular flexibility index (Phi) is 6.72. The highest BCUT2D eigenvalue weighted by molar-refractivity contribution is 7.90. The molecule has 1 aliphatic heterocycles. The van der Waals surface area contributed by atoms with E-state index < -0.39 is 38.9 Å². The lowest BCUT2D eigenvalue weighted by atomic mass is 9.83. The summed E-state index contributed by atoms with van der Waals surface area (Å²) in [6, 6.07) is 0. The van der Waals surface area contributed by atoms with Gasteiger partial charge in [0.05, 0.1) is 29.0 Å². The molecule has 0 spiro atoms. The third-order valence-electron chi connectivity index (χ3n) is 4.61. The number of carbonyl (C=O) groups excluding carboxylic acids is 2. The van der Waals surface area contributed by atoms with Gasteiger partial charge in [-0.3, -0.25) is 0 Å². The lowest BCUT2D eigenvalue weighted by Crippen LogP contribution is -2.37.